The van der Waals surface area contributed by atoms with E-state index in [1.54, 1.807) is 0 Å². The maximum atomic E-state index is 12.7. The van der Waals surface area contributed by atoms with Gasteiger partial charge < -0.3 is 15.1 Å². The number of hydrogen-bond acceptors (Lipinski definition) is 4. The van der Waals surface area contributed by atoms with Crippen molar-refractivity contribution in [3.05, 3.63) is 54.4 Å². The minimum Gasteiger partial charge on any atom is -0.331 e. The summed E-state index contributed by atoms with van der Waals surface area (Å²) < 4.78 is 0. The molecule has 2 N–H and O–H groups in total. The maximum absolute atomic E-state index is 12.7. The first-order valence-corrected chi connectivity index (χ1v) is 10.1. The molecule has 0 spiro atoms. The highest BCUT2D eigenvalue weighted by atomic mass is 32.2. The van der Waals surface area contributed by atoms with E-state index in [9.17, 15) is 9.59 Å². The fourth-order valence-electron chi connectivity index (χ4n) is 3.55. The average Bonchev–Trinajstić information content (AvgIpc) is 2.70. The summed E-state index contributed by atoms with van der Waals surface area (Å²) in [6, 6.07) is 11.8. The smallest absolute Gasteiger partial charge is 0.238 e. The number of benzene rings is 1. The fraction of sp³-hybridized carbons (Fsp3) is 0.350. The van der Waals surface area contributed by atoms with Gasteiger partial charge in [0.05, 0.1) is 37.1 Å². The van der Waals surface area contributed by atoms with Crippen LogP contribution in [0.25, 0.3) is 0 Å². The highest BCUT2D eigenvalue weighted by molar-refractivity contribution is 8.01. The number of carbonyl (C=O) groups excluding carboxylic acids is 2. The molecule has 4 rings (SSSR count). The Balaban J connectivity index is 1.29. The normalized spacial score (nSPS) is 20.1. The number of thioether (sulfide) groups is 1. The van der Waals surface area contributed by atoms with Gasteiger partial charge in [-0.05, 0) is 24.3 Å². The number of para-hydroxylation sites is 1. The summed E-state index contributed by atoms with van der Waals surface area (Å²) in [5.41, 5.74) is 2.11. The van der Waals surface area contributed by atoms with Crippen LogP contribution in [0.3, 0.4) is 0 Å². The molecule has 1 atom stereocenters. The highest BCUT2D eigenvalue weighted by Crippen LogP contribution is 2.36. The van der Waals surface area contributed by atoms with Gasteiger partial charge >= 0.3 is 0 Å². The summed E-state index contributed by atoms with van der Waals surface area (Å²) in [4.78, 5) is 33.5. The zero-order valence-corrected chi connectivity index (χ0v) is 15.9. The third kappa shape index (κ3) is 4.31. The van der Waals surface area contributed by atoms with Crippen LogP contribution < -0.4 is 10.2 Å². The van der Waals surface area contributed by atoms with Crippen molar-refractivity contribution in [3.63, 3.8) is 0 Å². The van der Waals surface area contributed by atoms with Crippen molar-refractivity contribution in [2.45, 2.75) is 23.1 Å². The second kappa shape index (κ2) is 8.10. The van der Waals surface area contributed by atoms with Gasteiger partial charge in [-0.25, -0.2) is 0 Å². The topological polar surface area (TPSA) is 66.7 Å². The molecule has 140 valence electrons. The summed E-state index contributed by atoms with van der Waals surface area (Å²) >= 11 is 1.49. The molecule has 0 unspecified atom stereocenters. The zero-order valence-electron chi connectivity index (χ0n) is 15.1. The van der Waals surface area contributed by atoms with Crippen LogP contribution in [0.5, 0.6) is 0 Å². The summed E-state index contributed by atoms with van der Waals surface area (Å²) in [5, 5.41) is 2.56. The molecule has 2 aliphatic heterocycles. The van der Waals surface area contributed by atoms with Crippen LogP contribution in [-0.4, -0.2) is 53.1 Å². The molecule has 6 nitrogen and oxygen atoms in total. The van der Waals surface area contributed by atoms with Crippen molar-refractivity contribution in [3.8, 4) is 0 Å². The first-order valence-electron chi connectivity index (χ1n) is 9.26. The molecular formula is C20H23N4O2S+. The summed E-state index contributed by atoms with van der Waals surface area (Å²) in [5.74, 6) is -0.000935. The number of nitrogens with one attached hydrogen (secondary N) is 2. The van der Waals surface area contributed by atoms with E-state index in [0.717, 1.165) is 43.3 Å². The Morgan fingerprint density at radius 3 is 2.70 bits per heavy atom. The molecule has 0 radical (unpaired) electrons. The number of quaternary nitrogens is 1. The molecule has 2 amide bonds. The molecule has 3 heterocycles. The lowest BCUT2D eigenvalue weighted by molar-refractivity contribution is -0.917. The summed E-state index contributed by atoms with van der Waals surface area (Å²) in [7, 11) is 0. The Morgan fingerprint density at radius 2 is 1.93 bits per heavy atom. The van der Waals surface area contributed by atoms with E-state index in [1.165, 1.54) is 22.2 Å². The van der Waals surface area contributed by atoms with Gasteiger partial charge in [-0.2, -0.15) is 0 Å². The molecule has 7 heteroatoms. The van der Waals surface area contributed by atoms with Gasteiger partial charge in [0, 0.05) is 29.3 Å². The molecule has 1 saturated heterocycles. The Kier molecular flexibility index (Phi) is 5.40. The fourth-order valence-corrected chi connectivity index (χ4v) is 4.65. The van der Waals surface area contributed by atoms with E-state index in [2.05, 4.69) is 10.3 Å². The first-order chi connectivity index (χ1) is 13.2. The molecule has 0 bridgehead atoms. The molecule has 2 aromatic rings. The van der Waals surface area contributed by atoms with E-state index >= 15 is 0 Å². The van der Waals surface area contributed by atoms with Crippen LogP contribution in [0.15, 0.2) is 53.7 Å². The van der Waals surface area contributed by atoms with Crippen LogP contribution in [0, 0.1) is 0 Å². The van der Waals surface area contributed by atoms with E-state index in [1.807, 2.05) is 53.7 Å². The Hall–Kier alpha value is -2.38. The third-order valence-corrected chi connectivity index (χ3v) is 6.37. The van der Waals surface area contributed by atoms with E-state index in [0.29, 0.717) is 0 Å². The number of amides is 2. The van der Waals surface area contributed by atoms with Crippen LogP contribution in [0.2, 0.25) is 0 Å². The number of aromatic nitrogens is 1. The van der Waals surface area contributed by atoms with Crippen molar-refractivity contribution >= 4 is 29.3 Å². The summed E-state index contributed by atoms with van der Waals surface area (Å²) in [6.45, 7) is 4.31. The second-order valence-corrected chi connectivity index (χ2v) is 8.20. The van der Waals surface area contributed by atoms with Crippen molar-refractivity contribution in [2.24, 2.45) is 0 Å². The van der Waals surface area contributed by atoms with Gasteiger partial charge in [0.2, 0.25) is 11.8 Å². The third-order valence-electron chi connectivity index (χ3n) is 5.09. The number of pyridine rings is 1. The van der Waals surface area contributed by atoms with Crippen molar-refractivity contribution in [2.75, 3.05) is 31.5 Å². The lowest BCUT2D eigenvalue weighted by Crippen LogP contribution is -3.13. The number of carbonyl (C=O) groups is 2. The number of hydrogen-bond donors (Lipinski definition) is 2. The van der Waals surface area contributed by atoms with Gasteiger partial charge in [-0.15, -0.1) is 11.8 Å². The lowest BCUT2D eigenvalue weighted by Gasteiger charge is -2.33. The monoisotopic (exact) mass is 383 g/mol. The molecule has 2 aliphatic rings. The van der Waals surface area contributed by atoms with Crippen LogP contribution in [0.1, 0.15) is 12.0 Å². The van der Waals surface area contributed by atoms with E-state index < -0.39 is 0 Å². The van der Waals surface area contributed by atoms with Gasteiger partial charge in [-0.1, -0.05) is 12.1 Å². The SMILES string of the molecule is O=C1Nc2ccccc2S[C@H]1CC(=O)N1CC[NH+](Cc2ccncc2)CC1. The predicted octanol–water partition coefficient (Wildman–Crippen LogP) is 0.812. The number of anilines is 1. The number of fused-ring (bicyclic) bond motifs is 1. The minimum absolute atomic E-state index is 0.0741. The van der Waals surface area contributed by atoms with Crippen LogP contribution >= 0.6 is 11.8 Å². The van der Waals surface area contributed by atoms with Gasteiger partial charge in [-0.3, -0.25) is 14.6 Å². The van der Waals surface area contributed by atoms with Gasteiger partial charge in [0.15, 0.2) is 0 Å². The number of nitrogens with zero attached hydrogens (tertiary/aromatic N) is 2. The lowest BCUT2D eigenvalue weighted by atomic mass is 10.2. The van der Waals surface area contributed by atoms with Gasteiger partial charge in [0.1, 0.15) is 6.54 Å². The number of piperazine rings is 1. The standard InChI is InChI=1S/C20H22N4O2S/c25-19(13-18-20(26)22-16-3-1-2-4-17(16)27-18)24-11-9-23(10-12-24)14-15-5-7-21-8-6-15/h1-8,18H,9-14H2,(H,22,26)/p+1/t18-/m0/s1. The molecule has 1 aromatic carbocycles. The largest absolute Gasteiger partial charge is 0.331 e. The van der Waals surface area contributed by atoms with Crippen molar-refractivity contribution in [1.29, 1.82) is 0 Å². The second-order valence-electron chi connectivity index (χ2n) is 6.96. The first kappa shape index (κ1) is 18.0. The minimum atomic E-state index is -0.352. The van der Waals surface area contributed by atoms with Crippen LogP contribution in [0.4, 0.5) is 5.69 Å². The van der Waals surface area contributed by atoms with E-state index in [-0.39, 0.29) is 23.5 Å². The van der Waals surface area contributed by atoms with Gasteiger partial charge in [0.25, 0.3) is 0 Å². The molecular weight excluding hydrogens is 360 g/mol. The average molecular weight is 383 g/mol. The Bertz CT molecular complexity index is 822. The molecule has 27 heavy (non-hydrogen) atoms. The Labute approximate surface area is 162 Å². The predicted molar refractivity (Wildman–Crippen MR) is 105 cm³/mol. The van der Waals surface area contributed by atoms with E-state index in [4.69, 9.17) is 0 Å². The zero-order chi connectivity index (χ0) is 18.6. The van der Waals surface area contributed by atoms with Crippen molar-refractivity contribution < 1.29 is 14.5 Å². The Morgan fingerprint density at radius 1 is 1.19 bits per heavy atom. The quantitative estimate of drug-likeness (QED) is 0.820. The van der Waals surface area contributed by atoms with Crippen molar-refractivity contribution in [1.82, 2.24) is 9.88 Å². The number of rotatable bonds is 4. The maximum Gasteiger partial charge on any atom is 0.238 e. The molecule has 1 aromatic heterocycles. The van der Waals surface area contributed by atoms with Crippen LogP contribution in [-0.2, 0) is 16.1 Å². The summed E-state index contributed by atoms with van der Waals surface area (Å²) in [6.07, 6.45) is 3.89. The highest BCUT2D eigenvalue weighted by Gasteiger charge is 2.32. The molecule has 0 saturated carbocycles. The molecule has 0 aliphatic carbocycles. The molecule has 1 fully saturated rings.